The number of carbonyl (C=O) groups is 2. The van der Waals surface area contributed by atoms with Crippen LogP contribution < -0.4 is 20.9 Å². The number of methoxy groups -OCH3 is 1. The summed E-state index contributed by atoms with van der Waals surface area (Å²) in [5, 5.41) is 3.59. The van der Waals surface area contributed by atoms with Gasteiger partial charge in [0.1, 0.15) is 10.6 Å². The fourth-order valence-electron chi connectivity index (χ4n) is 2.40. The van der Waals surface area contributed by atoms with E-state index in [1.165, 1.54) is 17.4 Å². The molecule has 148 valence electrons. The monoisotopic (exact) mass is 445 g/mol. The van der Waals surface area contributed by atoms with Gasteiger partial charge in [-0.1, -0.05) is 41.9 Å². The minimum Gasteiger partial charge on any atom is -0.497 e. The Labute approximate surface area is 181 Å². The number of benzene rings is 2. The van der Waals surface area contributed by atoms with Crippen molar-refractivity contribution < 1.29 is 14.3 Å². The van der Waals surface area contributed by atoms with Gasteiger partial charge in [0.25, 0.3) is 5.91 Å². The number of hydrazine groups is 1. The van der Waals surface area contributed by atoms with Gasteiger partial charge in [-0.05, 0) is 42.1 Å². The molecule has 0 aliphatic carbocycles. The molecule has 0 bridgehead atoms. The molecule has 0 fully saturated rings. The van der Waals surface area contributed by atoms with E-state index in [1.807, 2.05) is 36.4 Å². The van der Waals surface area contributed by atoms with Gasteiger partial charge in [0.15, 0.2) is 5.11 Å². The first-order valence-electron chi connectivity index (χ1n) is 8.38. The van der Waals surface area contributed by atoms with Gasteiger partial charge < -0.3 is 4.74 Å². The molecule has 0 saturated carbocycles. The van der Waals surface area contributed by atoms with Crippen LogP contribution >= 0.6 is 35.2 Å². The normalized spacial score (nSPS) is 10.7. The Morgan fingerprint density at radius 2 is 1.83 bits per heavy atom. The quantitative estimate of drug-likeness (QED) is 0.322. The second kappa shape index (κ2) is 9.51. The number of fused-ring (bicyclic) bond motifs is 1. The molecule has 0 radical (unpaired) electrons. The minimum atomic E-state index is -0.443. The van der Waals surface area contributed by atoms with E-state index in [0.717, 1.165) is 21.4 Å². The molecule has 0 atom stereocenters. The standard InChI is InChI=1S/C20H16ClN3O3S2/c1-27-13-9-6-12(7-10-13)8-11-16(25)22-20(28)24-23-19(26)18-17(21)14-4-2-3-5-15(14)29-18/h2-11H,1H3,(H,23,26)(H2,22,24,25,28). The van der Waals surface area contributed by atoms with Gasteiger partial charge in [0.05, 0.1) is 12.1 Å². The number of halogens is 1. The van der Waals surface area contributed by atoms with Gasteiger partial charge in [0, 0.05) is 16.2 Å². The average molecular weight is 446 g/mol. The van der Waals surface area contributed by atoms with E-state index in [0.29, 0.717) is 9.90 Å². The largest absolute Gasteiger partial charge is 0.497 e. The summed E-state index contributed by atoms with van der Waals surface area (Å²) in [4.78, 5) is 24.7. The van der Waals surface area contributed by atoms with Crippen molar-refractivity contribution >= 4 is 68.2 Å². The fraction of sp³-hybridized carbons (Fsp3) is 0.0500. The van der Waals surface area contributed by atoms with Crippen LogP contribution in [0.15, 0.2) is 54.6 Å². The third kappa shape index (κ3) is 5.32. The molecule has 3 N–H and O–H groups in total. The third-order valence-corrected chi connectivity index (χ3v) is 5.69. The number of thiocarbonyl (C=S) groups is 1. The van der Waals surface area contributed by atoms with Crippen LogP contribution in [-0.4, -0.2) is 24.0 Å². The van der Waals surface area contributed by atoms with E-state index < -0.39 is 11.8 Å². The first-order valence-corrected chi connectivity index (χ1v) is 9.98. The Kier molecular flexibility index (Phi) is 6.82. The lowest BCUT2D eigenvalue weighted by Crippen LogP contribution is -2.48. The van der Waals surface area contributed by atoms with Gasteiger partial charge >= 0.3 is 0 Å². The van der Waals surface area contributed by atoms with E-state index in [4.69, 9.17) is 28.6 Å². The Morgan fingerprint density at radius 3 is 2.52 bits per heavy atom. The molecule has 29 heavy (non-hydrogen) atoms. The second-order valence-electron chi connectivity index (χ2n) is 5.75. The zero-order valence-corrected chi connectivity index (χ0v) is 17.6. The molecule has 6 nitrogen and oxygen atoms in total. The Morgan fingerprint density at radius 1 is 1.10 bits per heavy atom. The van der Waals surface area contributed by atoms with Crippen molar-refractivity contribution in [1.82, 2.24) is 16.2 Å². The maximum absolute atomic E-state index is 12.3. The molecular weight excluding hydrogens is 430 g/mol. The predicted molar refractivity (Wildman–Crippen MR) is 120 cm³/mol. The van der Waals surface area contributed by atoms with Crippen molar-refractivity contribution in [2.45, 2.75) is 0 Å². The molecule has 3 rings (SSSR count). The molecular formula is C20H16ClN3O3S2. The molecule has 0 aliphatic rings. The maximum atomic E-state index is 12.3. The molecule has 2 amide bonds. The molecule has 0 spiro atoms. The summed E-state index contributed by atoms with van der Waals surface area (Å²) < 4.78 is 5.98. The van der Waals surface area contributed by atoms with E-state index in [1.54, 1.807) is 25.3 Å². The number of thiophene rings is 1. The predicted octanol–water partition coefficient (Wildman–Crippen LogP) is 3.91. The topological polar surface area (TPSA) is 79.5 Å². The number of amides is 2. The van der Waals surface area contributed by atoms with Gasteiger partial charge in [-0.2, -0.15) is 0 Å². The highest BCUT2D eigenvalue weighted by Crippen LogP contribution is 2.34. The molecule has 1 aromatic heterocycles. The van der Waals surface area contributed by atoms with Crippen molar-refractivity contribution in [3.63, 3.8) is 0 Å². The third-order valence-electron chi connectivity index (χ3n) is 3.81. The summed E-state index contributed by atoms with van der Waals surface area (Å²) in [6.45, 7) is 0. The lowest BCUT2D eigenvalue weighted by atomic mass is 10.2. The highest BCUT2D eigenvalue weighted by molar-refractivity contribution is 7.80. The van der Waals surface area contributed by atoms with Crippen molar-refractivity contribution in [2.24, 2.45) is 0 Å². The van der Waals surface area contributed by atoms with Crippen LogP contribution in [0.1, 0.15) is 15.2 Å². The Hall–Kier alpha value is -2.94. The summed E-state index contributed by atoms with van der Waals surface area (Å²) >= 11 is 12.6. The summed E-state index contributed by atoms with van der Waals surface area (Å²) in [5.74, 6) is -0.152. The van der Waals surface area contributed by atoms with Crippen molar-refractivity contribution in [3.05, 3.63) is 70.1 Å². The van der Waals surface area contributed by atoms with Crippen LogP contribution in [0, 0.1) is 0 Å². The summed E-state index contributed by atoms with van der Waals surface area (Å²) in [7, 11) is 1.58. The van der Waals surface area contributed by atoms with Crippen LogP contribution in [0.2, 0.25) is 5.02 Å². The molecule has 1 heterocycles. The molecule has 3 aromatic rings. The first-order chi connectivity index (χ1) is 14.0. The number of carbonyl (C=O) groups excluding carboxylic acids is 2. The lowest BCUT2D eigenvalue weighted by molar-refractivity contribution is -0.115. The average Bonchev–Trinajstić information content (AvgIpc) is 3.08. The smallest absolute Gasteiger partial charge is 0.281 e. The summed E-state index contributed by atoms with van der Waals surface area (Å²) in [6, 6.07) is 14.7. The Bertz CT molecular complexity index is 1090. The minimum absolute atomic E-state index is 0.0417. The number of rotatable bonds is 4. The molecule has 0 unspecified atom stereocenters. The van der Waals surface area contributed by atoms with Crippen molar-refractivity contribution in [2.75, 3.05) is 7.11 Å². The van der Waals surface area contributed by atoms with Crippen molar-refractivity contribution in [3.8, 4) is 5.75 Å². The molecule has 0 saturated heterocycles. The zero-order chi connectivity index (χ0) is 20.8. The summed E-state index contributed by atoms with van der Waals surface area (Å²) in [6.07, 6.45) is 2.97. The van der Waals surface area contributed by atoms with Crippen LogP contribution in [0.25, 0.3) is 16.2 Å². The van der Waals surface area contributed by atoms with Crippen molar-refractivity contribution in [1.29, 1.82) is 0 Å². The maximum Gasteiger partial charge on any atom is 0.281 e. The highest BCUT2D eigenvalue weighted by Gasteiger charge is 2.17. The molecule has 0 aliphatic heterocycles. The SMILES string of the molecule is COc1ccc(C=CC(=O)NC(=S)NNC(=O)c2sc3ccccc3c2Cl)cc1. The van der Waals surface area contributed by atoms with Crippen LogP contribution in [0.4, 0.5) is 0 Å². The number of nitrogens with one attached hydrogen (secondary N) is 3. The summed E-state index contributed by atoms with van der Waals surface area (Å²) in [5.41, 5.74) is 5.76. The van der Waals surface area contributed by atoms with E-state index in [2.05, 4.69) is 16.2 Å². The molecule has 2 aromatic carbocycles. The lowest BCUT2D eigenvalue weighted by Gasteiger charge is -2.09. The zero-order valence-electron chi connectivity index (χ0n) is 15.2. The van der Waals surface area contributed by atoms with Gasteiger partial charge in [-0.3, -0.25) is 25.8 Å². The second-order valence-corrected chi connectivity index (χ2v) is 7.58. The first kappa shape index (κ1) is 20.8. The van der Waals surface area contributed by atoms with Crippen LogP contribution in [-0.2, 0) is 4.79 Å². The highest BCUT2D eigenvalue weighted by atomic mass is 35.5. The number of hydrogen-bond acceptors (Lipinski definition) is 5. The van der Waals surface area contributed by atoms with Crippen LogP contribution in [0.5, 0.6) is 5.75 Å². The Balaban J connectivity index is 1.52. The molecule has 9 heteroatoms. The fourth-order valence-corrected chi connectivity index (χ4v) is 3.97. The number of ether oxygens (including phenoxy) is 1. The number of hydrogen-bond donors (Lipinski definition) is 3. The van der Waals surface area contributed by atoms with E-state index >= 15 is 0 Å². The van der Waals surface area contributed by atoms with E-state index in [9.17, 15) is 9.59 Å². The van der Waals surface area contributed by atoms with Gasteiger partial charge in [0.2, 0.25) is 5.91 Å². The van der Waals surface area contributed by atoms with E-state index in [-0.39, 0.29) is 5.11 Å². The van der Waals surface area contributed by atoms with Gasteiger partial charge in [-0.25, -0.2) is 0 Å². The van der Waals surface area contributed by atoms with Gasteiger partial charge in [-0.15, -0.1) is 11.3 Å². The van der Waals surface area contributed by atoms with Crippen LogP contribution in [0.3, 0.4) is 0 Å².